The van der Waals surface area contributed by atoms with Crippen molar-refractivity contribution in [3.8, 4) is 22.6 Å². The van der Waals surface area contributed by atoms with Crippen LogP contribution in [0.2, 0.25) is 0 Å². The molecule has 0 aliphatic carbocycles. The summed E-state index contributed by atoms with van der Waals surface area (Å²) in [4.78, 5) is 0. The molecule has 4 rings (SSSR count). The van der Waals surface area contributed by atoms with Crippen molar-refractivity contribution in [2.45, 2.75) is 20.0 Å². The second-order valence-electron chi connectivity index (χ2n) is 7.67. The first kappa shape index (κ1) is 21.0. The molecule has 0 atom stereocenters. The van der Waals surface area contributed by atoms with Gasteiger partial charge in [0.25, 0.3) is 0 Å². The minimum atomic E-state index is -4.39. The molecule has 0 spiro atoms. The highest BCUT2D eigenvalue weighted by atomic mass is 19.4. The summed E-state index contributed by atoms with van der Waals surface area (Å²) in [6.45, 7) is 2.80. The minimum absolute atomic E-state index is 0.181. The van der Waals surface area contributed by atoms with E-state index in [4.69, 9.17) is 9.47 Å². The van der Waals surface area contributed by atoms with Crippen LogP contribution in [0, 0.1) is 13.8 Å². The Morgan fingerprint density at radius 3 is 2.13 bits per heavy atom. The van der Waals surface area contributed by atoms with E-state index in [9.17, 15) is 13.2 Å². The van der Waals surface area contributed by atoms with Crippen molar-refractivity contribution >= 4 is 21.8 Å². The van der Waals surface area contributed by atoms with Crippen LogP contribution >= 0.6 is 0 Å². The van der Waals surface area contributed by atoms with Gasteiger partial charge in [-0.1, -0.05) is 18.2 Å². The van der Waals surface area contributed by atoms with Crippen LogP contribution in [0.3, 0.4) is 0 Å². The number of rotatable bonds is 4. The molecule has 0 saturated carbocycles. The average molecular weight is 426 g/mol. The third-order valence-electron chi connectivity index (χ3n) is 5.57. The smallest absolute Gasteiger partial charge is 0.422 e. The Labute approximate surface area is 178 Å². The first-order valence-corrected chi connectivity index (χ1v) is 9.89. The Balaban J connectivity index is 2.07. The molecule has 31 heavy (non-hydrogen) atoms. The van der Waals surface area contributed by atoms with E-state index in [1.54, 1.807) is 19.2 Å². The van der Waals surface area contributed by atoms with E-state index in [0.717, 1.165) is 49.8 Å². The van der Waals surface area contributed by atoms with Crippen LogP contribution in [0.5, 0.6) is 11.5 Å². The second-order valence-corrected chi connectivity index (χ2v) is 7.67. The number of pyridine rings is 1. The van der Waals surface area contributed by atoms with E-state index in [2.05, 4.69) is 26.0 Å². The maximum absolute atomic E-state index is 12.6. The monoisotopic (exact) mass is 426 g/mol. The lowest BCUT2D eigenvalue weighted by Gasteiger charge is -2.16. The van der Waals surface area contributed by atoms with Crippen molar-refractivity contribution in [3.63, 3.8) is 0 Å². The molecule has 0 amide bonds. The van der Waals surface area contributed by atoms with Gasteiger partial charge >= 0.3 is 6.18 Å². The van der Waals surface area contributed by atoms with E-state index < -0.39 is 12.8 Å². The highest BCUT2D eigenvalue weighted by molar-refractivity contribution is 6.09. The zero-order valence-electron chi connectivity index (χ0n) is 17.8. The lowest BCUT2D eigenvalue weighted by molar-refractivity contribution is -0.617. The fourth-order valence-electron chi connectivity index (χ4n) is 4.14. The molecule has 1 aromatic heterocycles. The molecule has 0 N–H and O–H groups in total. The molecule has 0 unspecified atom stereocenters. The second kappa shape index (κ2) is 7.76. The van der Waals surface area contributed by atoms with Crippen LogP contribution in [0.15, 0.2) is 54.6 Å². The molecule has 0 bridgehead atoms. The van der Waals surface area contributed by atoms with Crippen LogP contribution in [0.1, 0.15) is 11.1 Å². The standard InChI is InChI=1S/C25H23F3NO2/c1-15-6-5-7-16(2)23(15)24-19-10-8-18(31-14-25(26,27)28)13-22(19)29(3)21-11-9-17(30-4)12-20(21)24/h5-13H,14H2,1-4H3/q+1. The van der Waals surface area contributed by atoms with Crippen LogP contribution < -0.4 is 14.0 Å². The molecule has 1 heterocycles. The van der Waals surface area contributed by atoms with E-state index in [1.165, 1.54) is 0 Å². The summed E-state index contributed by atoms with van der Waals surface area (Å²) in [6, 6.07) is 17.1. The van der Waals surface area contributed by atoms with Crippen molar-refractivity contribution in [2.75, 3.05) is 13.7 Å². The van der Waals surface area contributed by atoms with Gasteiger partial charge < -0.3 is 9.47 Å². The number of hydrogen-bond acceptors (Lipinski definition) is 2. The molecule has 160 valence electrons. The highest BCUT2D eigenvalue weighted by Crippen LogP contribution is 2.39. The van der Waals surface area contributed by atoms with Crippen molar-refractivity contribution < 1.29 is 27.2 Å². The molecule has 3 nitrogen and oxygen atoms in total. The Kier molecular flexibility index (Phi) is 5.25. The Bertz CT molecular complexity index is 1280. The predicted molar refractivity (Wildman–Crippen MR) is 116 cm³/mol. The zero-order chi connectivity index (χ0) is 22.3. The van der Waals surface area contributed by atoms with Gasteiger partial charge in [0.1, 0.15) is 18.5 Å². The molecule has 0 radical (unpaired) electrons. The highest BCUT2D eigenvalue weighted by Gasteiger charge is 2.29. The van der Waals surface area contributed by atoms with Crippen molar-refractivity contribution in [1.29, 1.82) is 0 Å². The van der Waals surface area contributed by atoms with Gasteiger partial charge in [-0.2, -0.15) is 17.7 Å². The lowest BCUT2D eigenvalue weighted by Crippen LogP contribution is -2.30. The number of aromatic nitrogens is 1. The van der Waals surface area contributed by atoms with Gasteiger partial charge in [-0.25, -0.2) is 0 Å². The fourth-order valence-corrected chi connectivity index (χ4v) is 4.14. The quantitative estimate of drug-likeness (QED) is 0.293. The van der Waals surface area contributed by atoms with Crippen molar-refractivity contribution in [3.05, 3.63) is 65.7 Å². The Morgan fingerprint density at radius 2 is 1.48 bits per heavy atom. The molecule has 0 aliphatic heterocycles. The van der Waals surface area contributed by atoms with Crippen LogP contribution in [0.25, 0.3) is 32.9 Å². The predicted octanol–water partition coefficient (Wildman–Crippen LogP) is 6.05. The van der Waals surface area contributed by atoms with Gasteiger partial charge in [-0.3, -0.25) is 0 Å². The van der Waals surface area contributed by atoms with Crippen molar-refractivity contribution in [2.24, 2.45) is 7.05 Å². The summed E-state index contributed by atoms with van der Waals surface area (Å²) in [5.74, 6) is 0.921. The molecular weight excluding hydrogens is 403 g/mol. The number of ether oxygens (including phenoxy) is 2. The fraction of sp³-hybridized carbons (Fsp3) is 0.240. The normalized spacial score (nSPS) is 11.8. The number of alkyl halides is 3. The maximum Gasteiger partial charge on any atom is 0.422 e. The molecule has 0 fully saturated rings. The lowest BCUT2D eigenvalue weighted by atomic mass is 9.90. The van der Waals surface area contributed by atoms with E-state index in [-0.39, 0.29) is 5.75 Å². The zero-order valence-corrected chi connectivity index (χ0v) is 17.8. The van der Waals surface area contributed by atoms with E-state index in [0.29, 0.717) is 0 Å². The third kappa shape index (κ3) is 3.90. The van der Waals surface area contributed by atoms with Gasteiger partial charge in [0.2, 0.25) is 11.0 Å². The SMILES string of the molecule is COc1ccc2c(c1)c(-c1c(C)cccc1C)c1ccc(OCC(F)(F)F)cc1[n+]2C. The number of hydrogen-bond donors (Lipinski definition) is 0. The number of nitrogens with zero attached hydrogens (tertiary/aromatic N) is 1. The van der Waals surface area contributed by atoms with Gasteiger partial charge in [-0.15, -0.1) is 0 Å². The van der Waals surface area contributed by atoms with Crippen LogP contribution in [-0.2, 0) is 7.05 Å². The molecule has 4 aromatic rings. The molecule has 3 aromatic carbocycles. The number of benzene rings is 3. The summed E-state index contributed by atoms with van der Waals surface area (Å²) >= 11 is 0. The summed E-state index contributed by atoms with van der Waals surface area (Å²) in [5.41, 5.74) is 6.11. The summed E-state index contributed by atoms with van der Waals surface area (Å²) in [7, 11) is 3.53. The molecule has 0 aliphatic rings. The first-order chi connectivity index (χ1) is 14.7. The minimum Gasteiger partial charge on any atom is -0.497 e. The summed E-state index contributed by atoms with van der Waals surface area (Å²) in [6.07, 6.45) is -4.39. The van der Waals surface area contributed by atoms with E-state index >= 15 is 0 Å². The Morgan fingerprint density at radius 1 is 0.806 bits per heavy atom. The molecule has 6 heteroatoms. The van der Waals surface area contributed by atoms with Gasteiger partial charge in [0.05, 0.1) is 23.9 Å². The maximum atomic E-state index is 12.6. The van der Waals surface area contributed by atoms with Gasteiger partial charge in [0.15, 0.2) is 6.61 Å². The number of aryl methyl sites for hydroxylation is 3. The summed E-state index contributed by atoms with van der Waals surface area (Å²) < 4.78 is 50.4. The topological polar surface area (TPSA) is 22.3 Å². The van der Waals surface area contributed by atoms with Crippen molar-refractivity contribution in [1.82, 2.24) is 0 Å². The molecular formula is C25H23F3NO2+. The average Bonchev–Trinajstić information content (AvgIpc) is 2.73. The number of methoxy groups -OCH3 is 1. The van der Waals surface area contributed by atoms with Crippen LogP contribution in [-0.4, -0.2) is 19.9 Å². The van der Waals surface area contributed by atoms with Gasteiger partial charge in [-0.05, 0) is 54.8 Å². The molecule has 0 saturated heterocycles. The first-order valence-electron chi connectivity index (χ1n) is 9.89. The largest absolute Gasteiger partial charge is 0.497 e. The van der Waals surface area contributed by atoms with E-state index in [1.807, 2.05) is 41.9 Å². The van der Waals surface area contributed by atoms with Crippen LogP contribution in [0.4, 0.5) is 13.2 Å². The number of halogens is 3. The van der Waals surface area contributed by atoms with Gasteiger partial charge in [0, 0.05) is 11.6 Å². The number of fused-ring (bicyclic) bond motifs is 2. The Hall–Kier alpha value is -3.28. The summed E-state index contributed by atoms with van der Waals surface area (Å²) in [5, 5.41) is 1.94. The third-order valence-corrected chi connectivity index (χ3v) is 5.57.